The van der Waals surface area contributed by atoms with Crippen molar-refractivity contribution in [2.45, 2.75) is 94.8 Å². The van der Waals surface area contributed by atoms with Crippen LogP contribution in [-0.2, 0) is 0 Å². The second-order valence-corrected chi connectivity index (χ2v) is 6.76. The first-order valence-electron chi connectivity index (χ1n) is 7.45. The van der Waals surface area contributed by atoms with E-state index in [0.29, 0.717) is 0 Å². The lowest BCUT2D eigenvalue weighted by atomic mass is 10.0. The molecule has 0 radical (unpaired) electrons. The number of hydrogen-bond acceptors (Lipinski definition) is 0. The summed E-state index contributed by atoms with van der Waals surface area (Å²) in [5.74, 6) is 0. The minimum absolute atomic E-state index is 0.944. The molecule has 0 spiro atoms. The molecule has 16 heavy (non-hydrogen) atoms. The van der Waals surface area contributed by atoms with Crippen molar-refractivity contribution in [2.24, 2.45) is 0 Å². The summed E-state index contributed by atoms with van der Waals surface area (Å²) in [5.41, 5.74) is 0. The first-order valence-corrected chi connectivity index (χ1v) is 8.69. The lowest BCUT2D eigenvalue weighted by molar-refractivity contribution is 0.556. The van der Waals surface area contributed by atoms with Gasteiger partial charge in [-0.15, -0.1) is 0 Å². The maximum absolute atomic E-state index is 2.66. The Balaban J connectivity index is 3.06. The van der Waals surface area contributed by atoms with Gasteiger partial charge in [-0.05, 0) is 12.8 Å². The molecular formula is C15H31I. The van der Waals surface area contributed by atoms with Gasteiger partial charge >= 0.3 is 0 Å². The van der Waals surface area contributed by atoms with Gasteiger partial charge in [-0.25, -0.2) is 0 Å². The molecule has 0 saturated carbocycles. The van der Waals surface area contributed by atoms with Gasteiger partial charge in [-0.1, -0.05) is 101 Å². The van der Waals surface area contributed by atoms with Crippen molar-refractivity contribution in [3.8, 4) is 0 Å². The van der Waals surface area contributed by atoms with Crippen molar-refractivity contribution in [3.05, 3.63) is 0 Å². The Bertz CT molecular complexity index is 123. The lowest BCUT2D eigenvalue weighted by Crippen LogP contribution is -1.97. The molecule has 0 aromatic rings. The molecule has 1 heteroatoms. The van der Waals surface area contributed by atoms with Crippen LogP contribution in [0.25, 0.3) is 0 Å². The van der Waals surface area contributed by atoms with E-state index in [1.165, 1.54) is 77.0 Å². The van der Waals surface area contributed by atoms with E-state index in [0.717, 1.165) is 3.92 Å². The Morgan fingerprint density at radius 2 is 1.00 bits per heavy atom. The highest BCUT2D eigenvalue weighted by Crippen LogP contribution is 2.19. The summed E-state index contributed by atoms with van der Waals surface area (Å²) in [7, 11) is 0. The van der Waals surface area contributed by atoms with Gasteiger partial charge in [0.2, 0.25) is 0 Å². The third-order valence-electron chi connectivity index (χ3n) is 3.24. The molecule has 0 amide bonds. The van der Waals surface area contributed by atoms with Crippen molar-refractivity contribution in [2.75, 3.05) is 0 Å². The Kier molecular flexibility index (Phi) is 14.4. The van der Waals surface area contributed by atoms with Crippen molar-refractivity contribution in [1.82, 2.24) is 0 Å². The molecule has 0 aliphatic carbocycles. The molecule has 0 rings (SSSR count). The van der Waals surface area contributed by atoms with E-state index < -0.39 is 0 Å². The molecule has 0 aromatic heterocycles. The summed E-state index contributed by atoms with van der Waals surface area (Å²) in [6.45, 7) is 4.58. The number of rotatable bonds is 12. The Labute approximate surface area is 117 Å². The lowest BCUT2D eigenvalue weighted by Gasteiger charge is -2.08. The summed E-state index contributed by atoms with van der Waals surface area (Å²) in [6.07, 6.45) is 17.3. The van der Waals surface area contributed by atoms with Crippen LogP contribution >= 0.6 is 22.6 Å². The summed E-state index contributed by atoms with van der Waals surface area (Å²) in [6, 6.07) is 0. The molecule has 0 aliphatic rings. The first kappa shape index (κ1) is 16.7. The highest BCUT2D eigenvalue weighted by molar-refractivity contribution is 14.1. The minimum Gasteiger partial charge on any atom is -0.0826 e. The standard InChI is InChI=1S/C15H31I/c1-3-5-7-8-9-10-12-14-15(16)13-11-6-4-2/h15H,3-14H2,1-2H3. The second-order valence-electron chi connectivity index (χ2n) is 5.00. The Morgan fingerprint density at radius 1 is 0.625 bits per heavy atom. The topological polar surface area (TPSA) is 0 Å². The largest absolute Gasteiger partial charge is 0.0826 e. The van der Waals surface area contributed by atoms with Gasteiger partial charge in [-0.2, -0.15) is 0 Å². The quantitative estimate of drug-likeness (QED) is 0.216. The van der Waals surface area contributed by atoms with Crippen molar-refractivity contribution in [3.63, 3.8) is 0 Å². The van der Waals surface area contributed by atoms with Gasteiger partial charge in [0.1, 0.15) is 0 Å². The van der Waals surface area contributed by atoms with E-state index in [1.807, 2.05) is 0 Å². The number of unbranched alkanes of at least 4 members (excludes halogenated alkanes) is 8. The molecule has 0 N–H and O–H groups in total. The predicted octanol–water partition coefficient (Wildman–Crippen LogP) is 6.51. The molecule has 1 unspecified atom stereocenters. The molecule has 0 bridgehead atoms. The number of halogens is 1. The molecule has 0 fully saturated rings. The van der Waals surface area contributed by atoms with Gasteiger partial charge in [0.25, 0.3) is 0 Å². The zero-order valence-electron chi connectivity index (χ0n) is 11.4. The molecule has 1 atom stereocenters. The number of alkyl halides is 1. The van der Waals surface area contributed by atoms with E-state index in [9.17, 15) is 0 Å². The van der Waals surface area contributed by atoms with E-state index >= 15 is 0 Å². The third kappa shape index (κ3) is 12.8. The van der Waals surface area contributed by atoms with Crippen LogP contribution in [0.15, 0.2) is 0 Å². The third-order valence-corrected chi connectivity index (χ3v) is 4.49. The van der Waals surface area contributed by atoms with Crippen LogP contribution < -0.4 is 0 Å². The van der Waals surface area contributed by atoms with Gasteiger partial charge in [-0.3, -0.25) is 0 Å². The van der Waals surface area contributed by atoms with Crippen LogP contribution in [0.3, 0.4) is 0 Å². The smallest absolute Gasteiger partial charge is 0.0110 e. The zero-order chi connectivity index (χ0) is 12.1. The molecule has 0 heterocycles. The normalized spacial score (nSPS) is 12.9. The average Bonchev–Trinajstić information content (AvgIpc) is 2.28. The van der Waals surface area contributed by atoms with Crippen molar-refractivity contribution >= 4 is 22.6 Å². The molecule has 0 aromatic carbocycles. The summed E-state index contributed by atoms with van der Waals surface area (Å²) < 4.78 is 0.944. The SMILES string of the molecule is CCCCCCCCCC(I)CCCCC. The van der Waals surface area contributed by atoms with Gasteiger partial charge in [0.15, 0.2) is 0 Å². The fourth-order valence-corrected chi connectivity index (χ4v) is 2.96. The molecule has 0 saturated heterocycles. The van der Waals surface area contributed by atoms with Crippen molar-refractivity contribution in [1.29, 1.82) is 0 Å². The monoisotopic (exact) mass is 338 g/mol. The summed E-state index contributed by atoms with van der Waals surface area (Å²) in [5, 5.41) is 0. The highest BCUT2D eigenvalue weighted by atomic mass is 127. The summed E-state index contributed by atoms with van der Waals surface area (Å²) in [4.78, 5) is 0. The van der Waals surface area contributed by atoms with Crippen LogP contribution in [0.2, 0.25) is 0 Å². The van der Waals surface area contributed by atoms with E-state index in [-0.39, 0.29) is 0 Å². The molecule has 98 valence electrons. The maximum atomic E-state index is 2.66. The fourth-order valence-electron chi connectivity index (χ4n) is 2.08. The van der Waals surface area contributed by atoms with E-state index in [1.54, 1.807) is 0 Å². The average molecular weight is 338 g/mol. The molecule has 0 nitrogen and oxygen atoms in total. The van der Waals surface area contributed by atoms with Gasteiger partial charge < -0.3 is 0 Å². The predicted molar refractivity (Wildman–Crippen MR) is 84.6 cm³/mol. The Hall–Kier alpha value is 0.730. The minimum atomic E-state index is 0.944. The maximum Gasteiger partial charge on any atom is 0.0110 e. The van der Waals surface area contributed by atoms with Gasteiger partial charge in [0, 0.05) is 3.92 Å². The zero-order valence-corrected chi connectivity index (χ0v) is 13.6. The van der Waals surface area contributed by atoms with Crippen LogP contribution in [0.5, 0.6) is 0 Å². The van der Waals surface area contributed by atoms with Crippen LogP contribution in [0, 0.1) is 0 Å². The van der Waals surface area contributed by atoms with E-state index in [4.69, 9.17) is 0 Å². The van der Waals surface area contributed by atoms with Crippen LogP contribution in [0.4, 0.5) is 0 Å². The van der Waals surface area contributed by atoms with Crippen molar-refractivity contribution < 1.29 is 0 Å². The Morgan fingerprint density at radius 3 is 1.56 bits per heavy atom. The van der Waals surface area contributed by atoms with Gasteiger partial charge in [0.05, 0.1) is 0 Å². The summed E-state index contributed by atoms with van der Waals surface area (Å²) >= 11 is 2.66. The fraction of sp³-hybridized carbons (Fsp3) is 1.00. The molecule has 0 aliphatic heterocycles. The van der Waals surface area contributed by atoms with E-state index in [2.05, 4.69) is 36.4 Å². The second kappa shape index (κ2) is 13.8. The van der Waals surface area contributed by atoms with Crippen LogP contribution in [-0.4, -0.2) is 3.92 Å². The highest BCUT2D eigenvalue weighted by Gasteiger charge is 2.02. The number of hydrogen-bond donors (Lipinski definition) is 0. The first-order chi connectivity index (χ1) is 7.81. The molecular weight excluding hydrogens is 307 g/mol. The van der Waals surface area contributed by atoms with Crippen LogP contribution in [0.1, 0.15) is 90.9 Å².